The highest BCUT2D eigenvalue weighted by atomic mass is 16.6. The zero-order valence-electron chi connectivity index (χ0n) is 17.8. The van der Waals surface area contributed by atoms with Crippen molar-refractivity contribution in [3.05, 3.63) is 0 Å². The van der Waals surface area contributed by atoms with Crippen LogP contribution in [0.5, 0.6) is 0 Å². The van der Waals surface area contributed by atoms with Crippen molar-refractivity contribution in [2.24, 2.45) is 17.8 Å². The molecule has 27 heavy (non-hydrogen) atoms. The molecule has 7 heteroatoms. The fourth-order valence-electron chi connectivity index (χ4n) is 2.77. The lowest BCUT2D eigenvalue weighted by molar-refractivity contribution is -0.158. The summed E-state index contributed by atoms with van der Waals surface area (Å²) in [4.78, 5) is 40.4. The van der Waals surface area contributed by atoms with E-state index in [1.165, 1.54) is 16.8 Å². The molecule has 0 bridgehead atoms. The summed E-state index contributed by atoms with van der Waals surface area (Å²) in [7, 11) is 3.04. The topological polar surface area (TPSA) is 76.2 Å². The Labute approximate surface area is 163 Å². The average molecular weight is 383 g/mol. The zero-order chi connectivity index (χ0) is 21.3. The van der Waals surface area contributed by atoms with Gasteiger partial charge < -0.3 is 14.4 Å². The van der Waals surface area contributed by atoms with Crippen molar-refractivity contribution < 1.29 is 23.9 Å². The third-order valence-electron chi connectivity index (χ3n) is 4.07. The first kappa shape index (κ1) is 24.8. The van der Waals surface area contributed by atoms with Gasteiger partial charge in [-0.25, -0.2) is 9.59 Å². The van der Waals surface area contributed by atoms with Gasteiger partial charge >= 0.3 is 12.1 Å². The standard InChI is InChI=1S/C20H34N2O5/c1-10-11-26-20(25)22(9)16(14(4)5)18(23)21(8)17(15(6)7)19(24)27-12-13(2)3/h1,13-17H,11-12H2,2-9H3. The second-order valence-electron chi connectivity index (χ2n) is 7.72. The summed E-state index contributed by atoms with van der Waals surface area (Å²) in [6.45, 7) is 11.3. The predicted octanol–water partition coefficient (Wildman–Crippen LogP) is 2.39. The van der Waals surface area contributed by atoms with Crippen LogP contribution in [0.25, 0.3) is 0 Å². The molecule has 0 aliphatic heterocycles. The summed E-state index contributed by atoms with van der Waals surface area (Å²) in [6.07, 6.45) is 4.42. The van der Waals surface area contributed by atoms with Gasteiger partial charge in [0.1, 0.15) is 12.1 Å². The summed E-state index contributed by atoms with van der Waals surface area (Å²) in [5, 5.41) is 0. The highest BCUT2D eigenvalue weighted by Gasteiger charge is 2.38. The minimum atomic E-state index is -0.792. The first-order chi connectivity index (χ1) is 12.4. The lowest BCUT2D eigenvalue weighted by Crippen LogP contribution is -2.56. The largest absolute Gasteiger partial charge is 0.464 e. The molecular formula is C20H34N2O5. The van der Waals surface area contributed by atoms with Crippen molar-refractivity contribution in [3.63, 3.8) is 0 Å². The smallest absolute Gasteiger partial charge is 0.411 e. The normalized spacial score (nSPS) is 13.1. The number of amides is 2. The van der Waals surface area contributed by atoms with Gasteiger partial charge in [0.15, 0.2) is 6.61 Å². The Morgan fingerprint density at radius 3 is 1.81 bits per heavy atom. The van der Waals surface area contributed by atoms with E-state index in [-0.39, 0.29) is 36.9 Å². The van der Waals surface area contributed by atoms with Crippen molar-refractivity contribution >= 4 is 18.0 Å². The van der Waals surface area contributed by atoms with E-state index >= 15 is 0 Å². The van der Waals surface area contributed by atoms with Crippen LogP contribution in [-0.4, -0.2) is 67.2 Å². The summed E-state index contributed by atoms with van der Waals surface area (Å²) < 4.78 is 10.3. The summed E-state index contributed by atoms with van der Waals surface area (Å²) >= 11 is 0. The van der Waals surface area contributed by atoms with Gasteiger partial charge in [-0.1, -0.05) is 47.5 Å². The molecule has 0 aliphatic carbocycles. The molecular weight excluding hydrogens is 348 g/mol. The van der Waals surface area contributed by atoms with E-state index in [0.29, 0.717) is 0 Å². The molecule has 0 aliphatic rings. The first-order valence-electron chi connectivity index (χ1n) is 9.21. The fraction of sp³-hybridized carbons (Fsp3) is 0.750. The number of carbonyl (C=O) groups excluding carboxylic acids is 3. The van der Waals surface area contributed by atoms with Gasteiger partial charge in [-0.2, -0.15) is 0 Å². The maximum absolute atomic E-state index is 13.1. The molecule has 2 unspecified atom stereocenters. The Morgan fingerprint density at radius 2 is 1.41 bits per heavy atom. The third-order valence-corrected chi connectivity index (χ3v) is 4.07. The third kappa shape index (κ3) is 7.49. The molecule has 0 saturated carbocycles. The maximum Gasteiger partial charge on any atom is 0.411 e. The summed E-state index contributed by atoms with van der Waals surface area (Å²) in [6, 6.07) is -1.54. The Balaban J connectivity index is 5.46. The molecule has 0 aromatic heterocycles. The number of rotatable bonds is 9. The van der Waals surface area contributed by atoms with Crippen LogP contribution in [0.2, 0.25) is 0 Å². The number of likely N-dealkylation sites (N-methyl/N-ethyl adjacent to an activating group) is 2. The SMILES string of the molecule is C#CCOC(=O)N(C)C(C(=O)N(C)C(C(=O)OCC(C)C)C(C)C)C(C)C. The number of nitrogens with zero attached hydrogens (tertiary/aromatic N) is 2. The Bertz CT molecular complexity index is 551. The Kier molecular flexibility index (Phi) is 10.5. The molecule has 0 radical (unpaired) electrons. The van der Waals surface area contributed by atoms with Gasteiger partial charge in [-0.3, -0.25) is 9.69 Å². The molecule has 2 atom stereocenters. The first-order valence-corrected chi connectivity index (χ1v) is 9.21. The fourth-order valence-corrected chi connectivity index (χ4v) is 2.77. The second-order valence-corrected chi connectivity index (χ2v) is 7.72. The van der Waals surface area contributed by atoms with E-state index in [0.717, 1.165) is 0 Å². The van der Waals surface area contributed by atoms with Crippen LogP contribution < -0.4 is 0 Å². The molecule has 0 rings (SSSR count). The van der Waals surface area contributed by atoms with Crippen molar-refractivity contribution in [2.45, 2.75) is 53.6 Å². The monoisotopic (exact) mass is 382 g/mol. The number of terminal acetylenes is 1. The molecule has 0 saturated heterocycles. The lowest BCUT2D eigenvalue weighted by atomic mass is 9.98. The highest BCUT2D eigenvalue weighted by molar-refractivity contribution is 5.89. The van der Waals surface area contributed by atoms with E-state index in [1.807, 2.05) is 41.5 Å². The van der Waals surface area contributed by atoms with E-state index in [1.54, 1.807) is 7.05 Å². The van der Waals surface area contributed by atoms with Gasteiger partial charge in [0.05, 0.1) is 6.61 Å². The minimum absolute atomic E-state index is 0.148. The number of hydrogen-bond acceptors (Lipinski definition) is 5. The quantitative estimate of drug-likeness (QED) is 0.452. The number of ether oxygens (including phenoxy) is 2. The number of carbonyl (C=O) groups is 3. The molecule has 0 fully saturated rings. The van der Waals surface area contributed by atoms with Crippen LogP contribution >= 0.6 is 0 Å². The average Bonchev–Trinajstić information content (AvgIpc) is 2.56. The minimum Gasteiger partial charge on any atom is -0.464 e. The molecule has 154 valence electrons. The zero-order valence-corrected chi connectivity index (χ0v) is 17.8. The lowest BCUT2D eigenvalue weighted by Gasteiger charge is -2.36. The van der Waals surface area contributed by atoms with E-state index in [4.69, 9.17) is 15.9 Å². The van der Waals surface area contributed by atoms with Gasteiger partial charge in [-0.15, -0.1) is 6.42 Å². The van der Waals surface area contributed by atoms with E-state index in [9.17, 15) is 14.4 Å². The van der Waals surface area contributed by atoms with Gasteiger partial charge in [-0.05, 0) is 17.8 Å². The Morgan fingerprint density at radius 1 is 0.889 bits per heavy atom. The molecule has 0 N–H and O–H groups in total. The van der Waals surface area contributed by atoms with Gasteiger partial charge in [0.2, 0.25) is 5.91 Å². The van der Waals surface area contributed by atoms with Gasteiger partial charge in [0, 0.05) is 14.1 Å². The predicted molar refractivity (Wildman–Crippen MR) is 104 cm³/mol. The number of hydrogen-bond donors (Lipinski definition) is 0. The molecule has 0 heterocycles. The van der Waals surface area contributed by atoms with Crippen molar-refractivity contribution in [1.29, 1.82) is 0 Å². The summed E-state index contributed by atoms with van der Waals surface area (Å²) in [5.74, 6) is 1.27. The molecule has 7 nitrogen and oxygen atoms in total. The van der Waals surface area contributed by atoms with E-state index in [2.05, 4.69) is 5.92 Å². The van der Waals surface area contributed by atoms with Gasteiger partial charge in [0.25, 0.3) is 0 Å². The maximum atomic E-state index is 13.1. The molecule has 0 spiro atoms. The van der Waals surface area contributed by atoms with E-state index < -0.39 is 24.1 Å². The molecule has 2 amide bonds. The second kappa shape index (κ2) is 11.5. The van der Waals surface area contributed by atoms with Crippen molar-refractivity contribution in [1.82, 2.24) is 9.80 Å². The van der Waals surface area contributed by atoms with Crippen LogP contribution in [0.1, 0.15) is 41.5 Å². The van der Waals surface area contributed by atoms with Crippen molar-refractivity contribution in [3.8, 4) is 12.3 Å². The van der Waals surface area contributed by atoms with Crippen molar-refractivity contribution in [2.75, 3.05) is 27.3 Å². The highest BCUT2D eigenvalue weighted by Crippen LogP contribution is 2.19. The summed E-state index contributed by atoms with van der Waals surface area (Å²) in [5.41, 5.74) is 0. The Hall–Kier alpha value is -2.23. The van der Waals surface area contributed by atoms with Crippen LogP contribution in [0.3, 0.4) is 0 Å². The number of esters is 1. The van der Waals surface area contributed by atoms with Crippen LogP contribution in [0.15, 0.2) is 0 Å². The molecule has 0 aromatic carbocycles. The van der Waals surface area contributed by atoms with Crippen LogP contribution in [0, 0.1) is 30.1 Å². The van der Waals surface area contributed by atoms with Crippen LogP contribution in [0.4, 0.5) is 4.79 Å². The van der Waals surface area contributed by atoms with Crippen LogP contribution in [-0.2, 0) is 19.1 Å². The molecule has 0 aromatic rings.